The molecule has 0 aliphatic carbocycles. The molecule has 17 heavy (non-hydrogen) atoms. The van der Waals surface area contributed by atoms with E-state index >= 15 is 0 Å². The maximum absolute atomic E-state index is 11.4. The van der Waals surface area contributed by atoms with Crippen molar-refractivity contribution in [2.45, 2.75) is 38.8 Å². The predicted molar refractivity (Wildman–Crippen MR) is 63.8 cm³/mol. The Balaban J connectivity index is 3.80. The zero-order valence-corrected chi connectivity index (χ0v) is 10.7. The lowest BCUT2D eigenvalue weighted by molar-refractivity contribution is -0.141. The molecule has 0 aromatic rings. The van der Waals surface area contributed by atoms with Crippen LogP contribution < -0.4 is 10.6 Å². The molecule has 0 heterocycles. The summed E-state index contributed by atoms with van der Waals surface area (Å²) in [5, 5.41) is 14.4. The summed E-state index contributed by atoms with van der Waals surface area (Å²) in [7, 11) is 1.44. The molecule has 0 aromatic heterocycles. The van der Waals surface area contributed by atoms with Crippen LogP contribution in [0.1, 0.15) is 26.7 Å². The van der Waals surface area contributed by atoms with E-state index in [1.807, 2.05) is 13.8 Å². The van der Waals surface area contributed by atoms with E-state index in [1.54, 1.807) is 0 Å². The van der Waals surface area contributed by atoms with Crippen molar-refractivity contribution < 1.29 is 19.4 Å². The minimum absolute atomic E-state index is 0.0756. The lowest BCUT2D eigenvalue weighted by atomic mass is 10.2. The summed E-state index contributed by atoms with van der Waals surface area (Å²) in [6.45, 7) is 4.32. The number of ether oxygens (including phenoxy) is 1. The Labute approximate surface area is 102 Å². The second kappa shape index (κ2) is 8.95. The molecular formula is C11H22N2O4. The van der Waals surface area contributed by atoms with Crippen LogP contribution in [0.4, 0.5) is 0 Å². The largest absolute Gasteiger partial charge is 0.480 e. The van der Waals surface area contributed by atoms with Gasteiger partial charge in [-0.1, -0.05) is 6.92 Å². The molecule has 0 radical (unpaired) electrons. The van der Waals surface area contributed by atoms with E-state index in [1.165, 1.54) is 7.11 Å². The monoisotopic (exact) mass is 246 g/mol. The number of rotatable bonds is 9. The molecule has 2 atom stereocenters. The Bertz CT molecular complexity index is 246. The highest BCUT2D eigenvalue weighted by Crippen LogP contribution is 1.90. The SMILES string of the molecule is CCC(C)NC(=O)CCNC(COC)C(=O)O. The molecule has 0 aromatic carbocycles. The second-order valence-corrected chi connectivity index (χ2v) is 3.93. The Kier molecular flexibility index (Phi) is 8.35. The van der Waals surface area contributed by atoms with Crippen LogP contribution in [0.2, 0.25) is 0 Å². The lowest BCUT2D eigenvalue weighted by Gasteiger charge is -2.14. The topological polar surface area (TPSA) is 87.7 Å². The fourth-order valence-corrected chi connectivity index (χ4v) is 1.19. The van der Waals surface area contributed by atoms with Crippen LogP contribution in [0.15, 0.2) is 0 Å². The summed E-state index contributed by atoms with van der Waals surface area (Å²) in [4.78, 5) is 22.1. The fourth-order valence-electron chi connectivity index (χ4n) is 1.19. The van der Waals surface area contributed by atoms with Gasteiger partial charge in [0.15, 0.2) is 0 Å². The van der Waals surface area contributed by atoms with Gasteiger partial charge in [0, 0.05) is 26.1 Å². The molecule has 0 spiro atoms. The minimum atomic E-state index is -0.978. The number of carbonyl (C=O) groups excluding carboxylic acids is 1. The van der Waals surface area contributed by atoms with Crippen LogP contribution in [0.3, 0.4) is 0 Å². The molecule has 0 saturated carbocycles. The third kappa shape index (κ3) is 7.70. The van der Waals surface area contributed by atoms with Gasteiger partial charge in [0.25, 0.3) is 0 Å². The smallest absolute Gasteiger partial charge is 0.323 e. The van der Waals surface area contributed by atoms with Gasteiger partial charge in [0.2, 0.25) is 5.91 Å². The van der Waals surface area contributed by atoms with E-state index in [9.17, 15) is 9.59 Å². The van der Waals surface area contributed by atoms with Gasteiger partial charge in [-0.25, -0.2) is 0 Å². The Morgan fingerprint density at radius 3 is 2.53 bits per heavy atom. The van der Waals surface area contributed by atoms with Gasteiger partial charge >= 0.3 is 5.97 Å². The first-order valence-corrected chi connectivity index (χ1v) is 5.75. The van der Waals surface area contributed by atoms with Gasteiger partial charge in [-0.2, -0.15) is 0 Å². The minimum Gasteiger partial charge on any atom is -0.480 e. The molecule has 0 aliphatic rings. The van der Waals surface area contributed by atoms with Crippen molar-refractivity contribution in [3.63, 3.8) is 0 Å². The Morgan fingerprint density at radius 2 is 2.06 bits per heavy atom. The summed E-state index contributed by atoms with van der Waals surface area (Å²) in [5.74, 6) is -1.05. The summed E-state index contributed by atoms with van der Waals surface area (Å²) >= 11 is 0. The number of nitrogens with one attached hydrogen (secondary N) is 2. The van der Waals surface area contributed by atoms with Gasteiger partial charge in [0.05, 0.1) is 6.61 Å². The molecule has 6 heteroatoms. The molecule has 2 unspecified atom stereocenters. The van der Waals surface area contributed by atoms with Crippen LogP contribution in [0.5, 0.6) is 0 Å². The maximum atomic E-state index is 11.4. The van der Waals surface area contributed by atoms with Crippen LogP contribution >= 0.6 is 0 Å². The Morgan fingerprint density at radius 1 is 1.41 bits per heavy atom. The van der Waals surface area contributed by atoms with Crippen molar-refractivity contribution in [1.29, 1.82) is 0 Å². The molecule has 6 nitrogen and oxygen atoms in total. The molecule has 100 valence electrons. The van der Waals surface area contributed by atoms with Gasteiger partial charge < -0.3 is 20.5 Å². The quantitative estimate of drug-likeness (QED) is 0.532. The first kappa shape index (κ1) is 15.9. The maximum Gasteiger partial charge on any atom is 0.323 e. The van der Waals surface area contributed by atoms with E-state index in [4.69, 9.17) is 9.84 Å². The van der Waals surface area contributed by atoms with Gasteiger partial charge in [0.1, 0.15) is 6.04 Å². The fraction of sp³-hybridized carbons (Fsp3) is 0.818. The number of aliphatic carboxylic acids is 1. The zero-order chi connectivity index (χ0) is 13.3. The second-order valence-electron chi connectivity index (χ2n) is 3.93. The van der Waals surface area contributed by atoms with Crippen LogP contribution in [-0.4, -0.2) is 49.3 Å². The third-order valence-corrected chi connectivity index (χ3v) is 2.39. The van der Waals surface area contributed by atoms with Gasteiger partial charge in [-0.3, -0.25) is 9.59 Å². The van der Waals surface area contributed by atoms with Crippen LogP contribution in [-0.2, 0) is 14.3 Å². The molecule has 0 bridgehead atoms. The average molecular weight is 246 g/mol. The number of methoxy groups -OCH3 is 1. The van der Waals surface area contributed by atoms with E-state index in [0.717, 1.165) is 6.42 Å². The van der Waals surface area contributed by atoms with Crippen molar-refractivity contribution in [3.8, 4) is 0 Å². The van der Waals surface area contributed by atoms with E-state index in [0.29, 0.717) is 6.54 Å². The first-order chi connectivity index (χ1) is 8.01. The summed E-state index contributed by atoms with van der Waals surface area (Å²) < 4.78 is 4.76. The molecule has 0 rings (SSSR count). The molecule has 0 aliphatic heterocycles. The molecule has 0 saturated heterocycles. The molecule has 0 fully saturated rings. The number of carboxylic acids is 1. The first-order valence-electron chi connectivity index (χ1n) is 5.75. The molecule has 1 amide bonds. The molecular weight excluding hydrogens is 224 g/mol. The third-order valence-electron chi connectivity index (χ3n) is 2.39. The van der Waals surface area contributed by atoms with E-state index in [-0.39, 0.29) is 25.0 Å². The lowest BCUT2D eigenvalue weighted by Crippen LogP contribution is -2.42. The van der Waals surface area contributed by atoms with Crippen molar-refractivity contribution >= 4 is 11.9 Å². The normalized spacial score (nSPS) is 14.1. The van der Waals surface area contributed by atoms with Crippen molar-refractivity contribution in [2.75, 3.05) is 20.3 Å². The standard InChI is InChI=1S/C11H22N2O4/c1-4-8(2)13-10(14)5-6-12-9(7-17-3)11(15)16/h8-9,12H,4-7H2,1-3H3,(H,13,14)(H,15,16). The summed E-state index contributed by atoms with van der Waals surface area (Å²) in [6, 6.07) is -0.617. The number of amides is 1. The van der Waals surface area contributed by atoms with Gasteiger partial charge in [-0.15, -0.1) is 0 Å². The number of hydrogen-bond acceptors (Lipinski definition) is 4. The highest BCUT2D eigenvalue weighted by Gasteiger charge is 2.16. The van der Waals surface area contributed by atoms with Crippen LogP contribution in [0, 0.1) is 0 Å². The Hall–Kier alpha value is -1.14. The zero-order valence-electron chi connectivity index (χ0n) is 10.7. The van der Waals surface area contributed by atoms with Crippen molar-refractivity contribution in [2.24, 2.45) is 0 Å². The predicted octanol–water partition coefficient (Wildman–Crippen LogP) is -0.0196. The highest BCUT2D eigenvalue weighted by molar-refractivity contribution is 5.77. The summed E-state index contributed by atoms with van der Waals surface area (Å²) in [6.07, 6.45) is 1.14. The summed E-state index contributed by atoms with van der Waals surface area (Å²) in [5.41, 5.74) is 0. The van der Waals surface area contributed by atoms with E-state index in [2.05, 4.69) is 10.6 Å². The molecule has 3 N–H and O–H groups in total. The highest BCUT2D eigenvalue weighted by atomic mass is 16.5. The number of carboxylic acid groups (broad SMARTS) is 1. The van der Waals surface area contributed by atoms with Crippen LogP contribution in [0.25, 0.3) is 0 Å². The number of hydrogen-bond donors (Lipinski definition) is 3. The van der Waals surface area contributed by atoms with Crippen molar-refractivity contribution in [1.82, 2.24) is 10.6 Å². The van der Waals surface area contributed by atoms with Gasteiger partial charge in [-0.05, 0) is 13.3 Å². The average Bonchev–Trinajstić information content (AvgIpc) is 2.27. The van der Waals surface area contributed by atoms with Crippen molar-refractivity contribution in [3.05, 3.63) is 0 Å². The number of carbonyl (C=O) groups is 2. The van der Waals surface area contributed by atoms with E-state index < -0.39 is 12.0 Å².